The Hall–Kier alpha value is -3.35. The zero-order chi connectivity index (χ0) is 31.4. The van der Waals surface area contributed by atoms with Crippen molar-refractivity contribution in [2.75, 3.05) is 11.9 Å². The Bertz CT molecular complexity index is 1150. The van der Waals surface area contributed by atoms with Gasteiger partial charge in [-0.25, -0.2) is 4.79 Å². The molecule has 2 unspecified atom stereocenters. The summed E-state index contributed by atoms with van der Waals surface area (Å²) >= 11 is 0. The number of para-hydroxylation sites is 1. The van der Waals surface area contributed by atoms with Gasteiger partial charge in [0.25, 0.3) is 5.91 Å². The molecule has 0 saturated carbocycles. The number of anilines is 1. The molecule has 0 heterocycles. The smallest absolute Gasteiger partial charge is 0.408 e. The van der Waals surface area contributed by atoms with Gasteiger partial charge in [-0.3, -0.25) is 9.59 Å². The van der Waals surface area contributed by atoms with Crippen LogP contribution < -0.4 is 10.6 Å². The van der Waals surface area contributed by atoms with Gasteiger partial charge in [-0.1, -0.05) is 95.8 Å². The molecule has 2 rings (SSSR count). The highest BCUT2D eigenvalue weighted by atomic mass is 16.6. The van der Waals surface area contributed by atoms with E-state index >= 15 is 0 Å². The number of hydrogen-bond donors (Lipinski definition) is 2. The van der Waals surface area contributed by atoms with Gasteiger partial charge in [0.05, 0.1) is 0 Å². The molecule has 0 aliphatic rings. The molecule has 2 atom stereocenters. The van der Waals surface area contributed by atoms with Crippen LogP contribution in [-0.4, -0.2) is 41.0 Å². The van der Waals surface area contributed by atoms with E-state index in [-0.39, 0.29) is 17.7 Å². The van der Waals surface area contributed by atoms with Crippen LogP contribution in [0.15, 0.2) is 42.5 Å². The first kappa shape index (κ1) is 34.8. The van der Waals surface area contributed by atoms with Gasteiger partial charge in [0, 0.05) is 12.2 Å². The summed E-state index contributed by atoms with van der Waals surface area (Å²) in [5, 5.41) is 5.96. The number of aryl methyl sites for hydroxylation is 3. The highest BCUT2D eigenvalue weighted by Crippen LogP contribution is 2.28. The van der Waals surface area contributed by atoms with Crippen LogP contribution in [0.1, 0.15) is 109 Å². The summed E-state index contributed by atoms with van der Waals surface area (Å²) in [5.74, 6) is -0.802. The lowest BCUT2D eigenvalue weighted by Crippen LogP contribution is -2.54. The highest BCUT2D eigenvalue weighted by Gasteiger charge is 2.37. The average molecular weight is 580 g/mol. The Morgan fingerprint density at radius 3 is 2.00 bits per heavy atom. The van der Waals surface area contributed by atoms with Gasteiger partial charge in [-0.05, 0) is 75.6 Å². The lowest BCUT2D eigenvalue weighted by Gasteiger charge is -2.36. The quantitative estimate of drug-likeness (QED) is 0.223. The second kappa shape index (κ2) is 16.3. The molecule has 0 aliphatic carbocycles. The molecule has 7 nitrogen and oxygen atoms in total. The summed E-state index contributed by atoms with van der Waals surface area (Å²) in [7, 11) is 0. The fraction of sp³-hybridized carbons (Fsp3) is 0.571. The number of nitrogens with one attached hydrogen (secondary N) is 2. The molecule has 2 N–H and O–H groups in total. The number of unbranched alkanes of at least 4 members (excludes halogenated alkanes) is 4. The molecule has 0 spiro atoms. The predicted octanol–water partition coefficient (Wildman–Crippen LogP) is 7.89. The summed E-state index contributed by atoms with van der Waals surface area (Å²) in [4.78, 5) is 43.1. The van der Waals surface area contributed by atoms with Crippen LogP contribution in [0.4, 0.5) is 10.5 Å². The number of rotatable bonds is 14. The fourth-order valence-electron chi connectivity index (χ4n) is 4.99. The Kier molecular flexibility index (Phi) is 13.5. The molecule has 2 aromatic carbocycles. The number of benzene rings is 2. The van der Waals surface area contributed by atoms with Crippen molar-refractivity contribution in [2.24, 2.45) is 5.92 Å². The summed E-state index contributed by atoms with van der Waals surface area (Å²) in [6.45, 7) is 17.7. The lowest BCUT2D eigenvalue weighted by atomic mass is 9.97. The summed E-state index contributed by atoms with van der Waals surface area (Å²) in [5.41, 5.74) is 3.83. The van der Waals surface area contributed by atoms with Crippen LogP contribution in [-0.2, 0) is 20.7 Å². The molecule has 0 bridgehead atoms. The average Bonchev–Trinajstić information content (AvgIpc) is 2.91. The van der Waals surface area contributed by atoms with Crippen molar-refractivity contribution in [1.82, 2.24) is 10.2 Å². The minimum absolute atomic E-state index is 0.225. The summed E-state index contributed by atoms with van der Waals surface area (Å²) < 4.78 is 5.50. The Balaban J connectivity index is 2.57. The van der Waals surface area contributed by atoms with E-state index in [1.165, 1.54) is 0 Å². The third-order valence-electron chi connectivity index (χ3n) is 7.38. The highest BCUT2D eigenvalue weighted by molar-refractivity contribution is 6.00. The monoisotopic (exact) mass is 579 g/mol. The van der Waals surface area contributed by atoms with Crippen LogP contribution in [0, 0.1) is 19.8 Å². The summed E-state index contributed by atoms with van der Waals surface area (Å²) in [6.07, 6.45) is 5.22. The van der Waals surface area contributed by atoms with Crippen molar-refractivity contribution in [1.29, 1.82) is 0 Å². The molecule has 0 aromatic heterocycles. The molecule has 0 radical (unpaired) electrons. The van der Waals surface area contributed by atoms with Gasteiger partial charge in [0.1, 0.15) is 17.7 Å². The van der Waals surface area contributed by atoms with Gasteiger partial charge in [-0.2, -0.15) is 0 Å². The Morgan fingerprint density at radius 1 is 0.881 bits per heavy atom. The number of carbonyl (C=O) groups is 3. The van der Waals surface area contributed by atoms with Crippen LogP contribution in [0.3, 0.4) is 0 Å². The van der Waals surface area contributed by atoms with Crippen molar-refractivity contribution in [3.8, 4) is 0 Å². The van der Waals surface area contributed by atoms with Crippen molar-refractivity contribution in [3.63, 3.8) is 0 Å². The lowest BCUT2D eigenvalue weighted by molar-refractivity contribution is -0.141. The SMILES string of the molecule is CCCCCCCN(C(=O)C(NC(=O)OC(C)(C)C)C(C)C)C(C(=O)Nc1c(C)cccc1C)c1ccc(CC)cc1. The maximum Gasteiger partial charge on any atom is 0.408 e. The number of amides is 3. The maximum absolute atomic E-state index is 14.4. The number of nitrogens with zero attached hydrogens (tertiary/aromatic N) is 1. The van der Waals surface area contributed by atoms with Gasteiger partial charge >= 0.3 is 6.09 Å². The largest absolute Gasteiger partial charge is 0.444 e. The standard InChI is InChI=1S/C35H53N3O4/c1-10-12-13-14-15-23-38(33(40)29(24(3)4)37-34(41)42-35(7,8)9)31(28-21-19-27(11-2)20-22-28)32(39)36-30-25(5)17-16-18-26(30)6/h16-22,24,29,31H,10-15,23H2,1-9H3,(H,36,39)(H,37,41). The zero-order valence-corrected chi connectivity index (χ0v) is 27.3. The first-order valence-corrected chi connectivity index (χ1v) is 15.5. The van der Waals surface area contributed by atoms with Crippen molar-refractivity contribution in [3.05, 3.63) is 64.7 Å². The van der Waals surface area contributed by atoms with Crippen molar-refractivity contribution < 1.29 is 19.1 Å². The molecule has 2 aromatic rings. The molecule has 3 amide bonds. The van der Waals surface area contributed by atoms with E-state index in [0.717, 1.165) is 66.5 Å². The predicted molar refractivity (Wildman–Crippen MR) is 172 cm³/mol. The summed E-state index contributed by atoms with van der Waals surface area (Å²) in [6, 6.07) is 12.1. The number of hydrogen-bond acceptors (Lipinski definition) is 4. The Labute approximate surface area is 253 Å². The van der Waals surface area contributed by atoms with Crippen molar-refractivity contribution in [2.45, 2.75) is 119 Å². The molecule has 0 aliphatic heterocycles. The number of ether oxygens (including phenoxy) is 1. The van der Waals surface area contributed by atoms with Gasteiger partial charge in [0.2, 0.25) is 5.91 Å². The number of alkyl carbamates (subject to hydrolysis) is 1. The van der Waals surface area contributed by atoms with E-state index in [1.54, 1.807) is 25.7 Å². The van der Waals surface area contributed by atoms with Crippen LogP contribution in [0.5, 0.6) is 0 Å². The molecule has 42 heavy (non-hydrogen) atoms. The van der Waals surface area contributed by atoms with E-state index in [4.69, 9.17) is 4.74 Å². The number of carbonyl (C=O) groups excluding carboxylic acids is 3. The van der Waals surface area contributed by atoms with E-state index in [0.29, 0.717) is 6.54 Å². The minimum Gasteiger partial charge on any atom is -0.444 e. The second-order valence-electron chi connectivity index (χ2n) is 12.6. The van der Waals surface area contributed by atoms with E-state index < -0.39 is 23.8 Å². The molecule has 7 heteroatoms. The van der Waals surface area contributed by atoms with Crippen LogP contribution in [0.2, 0.25) is 0 Å². The molecule has 232 valence electrons. The van der Waals surface area contributed by atoms with E-state index in [9.17, 15) is 14.4 Å². The first-order valence-electron chi connectivity index (χ1n) is 15.5. The molecular weight excluding hydrogens is 526 g/mol. The van der Waals surface area contributed by atoms with Crippen LogP contribution >= 0.6 is 0 Å². The third-order valence-corrected chi connectivity index (χ3v) is 7.38. The second-order valence-corrected chi connectivity index (χ2v) is 12.6. The zero-order valence-electron chi connectivity index (χ0n) is 27.3. The third kappa shape index (κ3) is 10.5. The normalized spacial score (nSPS) is 12.9. The Morgan fingerprint density at radius 2 is 1.48 bits per heavy atom. The fourth-order valence-corrected chi connectivity index (χ4v) is 4.99. The first-order chi connectivity index (χ1) is 19.8. The molecule has 0 saturated heterocycles. The van der Waals surface area contributed by atoms with Gasteiger partial charge < -0.3 is 20.3 Å². The van der Waals surface area contributed by atoms with Gasteiger partial charge in [0.15, 0.2) is 0 Å². The topological polar surface area (TPSA) is 87.7 Å². The maximum atomic E-state index is 14.4. The van der Waals surface area contributed by atoms with Crippen LogP contribution in [0.25, 0.3) is 0 Å². The molecular formula is C35H53N3O4. The molecule has 0 fully saturated rings. The van der Waals surface area contributed by atoms with E-state index in [2.05, 4.69) is 24.5 Å². The van der Waals surface area contributed by atoms with E-state index in [1.807, 2.05) is 70.2 Å². The van der Waals surface area contributed by atoms with Crippen molar-refractivity contribution >= 4 is 23.6 Å². The minimum atomic E-state index is -0.879. The van der Waals surface area contributed by atoms with Gasteiger partial charge in [-0.15, -0.1) is 0 Å².